The lowest BCUT2D eigenvalue weighted by Crippen LogP contribution is -2.49. The van der Waals surface area contributed by atoms with Crippen molar-refractivity contribution in [2.45, 2.75) is 76.2 Å². The van der Waals surface area contributed by atoms with Gasteiger partial charge in [0.15, 0.2) is 0 Å². The minimum Gasteiger partial charge on any atom is -0.465 e. The molecule has 0 rings (SSSR count). The summed E-state index contributed by atoms with van der Waals surface area (Å²) in [5, 5.41) is 0. The lowest BCUT2D eigenvalue weighted by atomic mass is 9.65. The first-order valence-corrected chi connectivity index (χ1v) is 9.36. The molecule has 0 aliphatic heterocycles. The average Bonchev–Trinajstić information content (AvgIpc) is 2.40. The van der Waals surface area contributed by atoms with E-state index in [-0.39, 0.29) is 34.6 Å². The molecule has 4 heteroatoms. The Balaban J connectivity index is 5.56. The van der Waals surface area contributed by atoms with Crippen molar-refractivity contribution >= 4 is 11.9 Å². The molecule has 0 amide bonds. The highest BCUT2D eigenvalue weighted by Gasteiger charge is 2.51. The lowest BCUT2D eigenvalue weighted by molar-refractivity contribution is -0.178. The van der Waals surface area contributed by atoms with Gasteiger partial charge in [-0.1, -0.05) is 69.2 Å². The van der Waals surface area contributed by atoms with Crippen LogP contribution in [0.25, 0.3) is 0 Å². The van der Waals surface area contributed by atoms with Crippen molar-refractivity contribution in [1.82, 2.24) is 0 Å². The Morgan fingerprint density at radius 2 is 1.16 bits per heavy atom. The molecule has 0 N–H and O–H groups in total. The van der Waals surface area contributed by atoms with E-state index in [1.54, 1.807) is 0 Å². The minimum absolute atomic E-state index is 0.0259. The molecule has 4 nitrogen and oxygen atoms in total. The van der Waals surface area contributed by atoms with Crippen LogP contribution in [0.3, 0.4) is 0 Å². The van der Waals surface area contributed by atoms with Crippen molar-refractivity contribution in [2.24, 2.45) is 34.0 Å². The summed E-state index contributed by atoms with van der Waals surface area (Å²) in [6.07, 6.45) is 0. The minimum atomic E-state index is -0.922. The zero-order valence-electron chi connectivity index (χ0n) is 18.3. The van der Waals surface area contributed by atoms with Crippen molar-refractivity contribution in [2.75, 3.05) is 13.2 Å². The molecule has 0 aromatic heterocycles. The summed E-state index contributed by atoms with van der Waals surface area (Å²) < 4.78 is 11.2. The van der Waals surface area contributed by atoms with Crippen LogP contribution < -0.4 is 0 Å². The highest BCUT2D eigenvalue weighted by molar-refractivity contribution is 5.85. The van der Waals surface area contributed by atoms with Gasteiger partial charge in [-0.05, 0) is 29.6 Å². The Labute approximate surface area is 155 Å². The molecule has 0 bridgehead atoms. The number of rotatable bonds is 7. The quantitative estimate of drug-likeness (QED) is 0.596. The average molecular weight is 357 g/mol. The fraction of sp³-hybridized carbons (Fsp3) is 0.905. The van der Waals surface area contributed by atoms with E-state index in [0.717, 1.165) is 0 Å². The Kier molecular flexibility index (Phi) is 8.19. The molecule has 0 saturated heterocycles. The van der Waals surface area contributed by atoms with E-state index in [0.29, 0.717) is 13.2 Å². The third-order valence-corrected chi connectivity index (χ3v) is 4.49. The summed E-state index contributed by atoms with van der Waals surface area (Å²) in [5.41, 5.74) is -1.15. The molecule has 0 heterocycles. The summed E-state index contributed by atoms with van der Waals surface area (Å²) in [7, 11) is 0. The maximum absolute atomic E-state index is 13.0. The normalized spacial score (nSPS) is 16.5. The lowest BCUT2D eigenvalue weighted by Gasteiger charge is -2.40. The summed E-state index contributed by atoms with van der Waals surface area (Å²) in [4.78, 5) is 25.8. The van der Waals surface area contributed by atoms with Crippen LogP contribution in [0.2, 0.25) is 0 Å². The first-order chi connectivity index (χ1) is 11.0. The molecule has 2 unspecified atom stereocenters. The van der Waals surface area contributed by atoms with Crippen LogP contribution in [0.15, 0.2) is 0 Å². The van der Waals surface area contributed by atoms with Crippen LogP contribution in [-0.4, -0.2) is 25.2 Å². The first-order valence-electron chi connectivity index (χ1n) is 9.36. The van der Waals surface area contributed by atoms with Crippen LogP contribution in [-0.2, 0) is 19.1 Å². The monoisotopic (exact) mass is 356 g/mol. The molecule has 0 aromatic rings. The van der Waals surface area contributed by atoms with Gasteiger partial charge in [-0.25, -0.2) is 0 Å². The number of carbonyl (C=O) groups is 2. The van der Waals surface area contributed by atoms with Gasteiger partial charge in [-0.15, -0.1) is 0 Å². The molecular weight excluding hydrogens is 316 g/mol. The molecule has 2 atom stereocenters. The number of ether oxygens (including phenoxy) is 2. The third-order valence-electron chi connectivity index (χ3n) is 4.49. The SMILES string of the molecule is CC(C)C(C(=O)OCC(C)(C)C)C(C)(C(=O)OCC(C)(C)C)C(C)C. The Hall–Kier alpha value is -1.06. The number of hydrogen-bond donors (Lipinski definition) is 0. The first kappa shape index (κ1) is 23.9. The van der Waals surface area contributed by atoms with E-state index in [2.05, 4.69) is 0 Å². The Bertz CT molecular complexity index is 451. The van der Waals surface area contributed by atoms with Gasteiger partial charge in [0.05, 0.1) is 24.5 Å². The van der Waals surface area contributed by atoms with E-state index in [9.17, 15) is 9.59 Å². The Morgan fingerprint density at radius 1 is 0.760 bits per heavy atom. The zero-order chi connectivity index (χ0) is 20.2. The Morgan fingerprint density at radius 3 is 1.48 bits per heavy atom. The molecule has 0 aromatic carbocycles. The molecule has 0 fully saturated rings. The van der Waals surface area contributed by atoms with Crippen LogP contribution >= 0.6 is 0 Å². The van der Waals surface area contributed by atoms with E-state index in [1.807, 2.05) is 76.2 Å². The maximum Gasteiger partial charge on any atom is 0.312 e. The van der Waals surface area contributed by atoms with Crippen molar-refractivity contribution in [3.63, 3.8) is 0 Å². The molecule has 25 heavy (non-hydrogen) atoms. The summed E-state index contributed by atoms with van der Waals surface area (Å²) in [5.74, 6) is -1.24. The predicted molar refractivity (Wildman–Crippen MR) is 102 cm³/mol. The van der Waals surface area contributed by atoms with Gasteiger partial charge in [0.1, 0.15) is 0 Å². The third kappa shape index (κ3) is 7.37. The molecule has 0 aliphatic rings. The van der Waals surface area contributed by atoms with E-state index in [1.165, 1.54) is 0 Å². The van der Waals surface area contributed by atoms with Crippen molar-refractivity contribution < 1.29 is 19.1 Å². The molecule has 0 radical (unpaired) electrons. The molecular formula is C21H40O4. The van der Waals surface area contributed by atoms with Crippen molar-refractivity contribution in [3.05, 3.63) is 0 Å². The van der Waals surface area contributed by atoms with Gasteiger partial charge >= 0.3 is 11.9 Å². The second-order valence-corrected chi connectivity index (χ2v) is 10.5. The largest absolute Gasteiger partial charge is 0.465 e. The van der Waals surface area contributed by atoms with Crippen LogP contribution in [0.4, 0.5) is 0 Å². The van der Waals surface area contributed by atoms with E-state index in [4.69, 9.17) is 9.47 Å². The summed E-state index contributed by atoms with van der Waals surface area (Å²) in [6, 6.07) is 0. The standard InChI is InChI=1S/C21H40O4/c1-14(2)16(17(22)24-12-19(5,6)7)21(11,15(3)4)18(23)25-13-20(8,9)10/h14-16H,12-13H2,1-11H3. The van der Waals surface area contributed by atoms with Crippen LogP contribution in [0.1, 0.15) is 76.2 Å². The second kappa shape index (κ2) is 8.55. The highest BCUT2D eigenvalue weighted by atomic mass is 16.5. The van der Waals surface area contributed by atoms with Crippen LogP contribution in [0, 0.1) is 34.0 Å². The summed E-state index contributed by atoms with van der Waals surface area (Å²) in [6.45, 7) is 22.5. The highest BCUT2D eigenvalue weighted by Crippen LogP contribution is 2.42. The van der Waals surface area contributed by atoms with E-state index < -0.39 is 11.3 Å². The zero-order valence-corrected chi connectivity index (χ0v) is 18.3. The number of esters is 2. The van der Waals surface area contributed by atoms with Gasteiger partial charge in [-0.3, -0.25) is 9.59 Å². The number of carbonyl (C=O) groups excluding carboxylic acids is 2. The predicted octanol–water partition coefficient (Wildman–Crippen LogP) is 5.10. The molecule has 148 valence electrons. The van der Waals surface area contributed by atoms with E-state index >= 15 is 0 Å². The van der Waals surface area contributed by atoms with Crippen molar-refractivity contribution in [1.29, 1.82) is 0 Å². The van der Waals surface area contributed by atoms with Gasteiger partial charge in [-0.2, -0.15) is 0 Å². The summed E-state index contributed by atoms with van der Waals surface area (Å²) >= 11 is 0. The molecule has 0 spiro atoms. The van der Waals surface area contributed by atoms with Gasteiger partial charge in [0, 0.05) is 0 Å². The van der Waals surface area contributed by atoms with Crippen molar-refractivity contribution in [3.8, 4) is 0 Å². The maximum atomic E-state index is 13.0. The fourth-order valence-corrected chi connectivity index (χ4v) is 2.75. The number of hydrogen-bond acceptors (Lipinski definition) is 4. The van der Waals surface area contributed by atoms with Gasteiger partial charge in [0.25, 0.3) is 0 Å². The fourth-order valence-electron chi connectivity index (χ4n) is 2.75. The molecule has 0 saturated carbocycles. The van der Waals surface area contributed by atoms with Crippen LogP contribution in [0.5, 0.6) is 0 Å². The molecule has 0 aliphatic carbocycles. The van der Waals surface area contributed by atoms with Gasteiger partial charge in [0.2, 0.25) is 0 Å². The topological polar surface area (TPSA) is 52.6 Å². The second-order valence-electron chi connectivity index (χ2n) is 10.5. The van der Waals surface area contributed by atoms with Gasteiger partial charge < -0.3 is 9.47 Å². The smallest absolute Gasteiger partial charge is 0.312 e.